The van der Waals surface area contributed by atoms with Crippen molar-refractivity contribution in [2.45, 2.75) is 45.6 Å². The van der Waals surface area contributed by atoms with Crippen LogP contribution < -0.4 is 15.0 Å². The third-order valence-corrected chi connectivity index (χ3v) is 8.89. The van der Waals surface area contributed by atoms with Gasteiger partial charge in [0.1, 0.15) is 17.3 Å². The van der Waals surface area contributed by atoms with Crippen molar-refractivity contribution in [3.8, 4) is 17.2 Å². The van der Waals surface area contributed by atoms with Gasteiger partial charge < -0.3 is 14.4 Å². The molecule has 1 heterocycles. The molecule has 232 valence electrons. The van der Waals surface area contributed by atoms with Crippen molar-refractivity contribution < 1.29 is 14.3 Å². The number of aromatic nitrogens is 2. The summed E-state index contributed by atoms with van der Waals surface area (Å²) in [4.78, 5) is 35.5. The third kappa shape index (κ3) is 6.96. The largest absolute Gasteiger partial charge is 0.497 e. The zero-order chi connectivity index (χ0) is 31.9. The molecule has 0 saturated carbocycles. The molecule has 45 heavy (non-hydrogen) atoms. The van der Waals surface area contributed by atoms with Gasteiger partial charge in [-0.3, -0.25) is 14.2 Å². The summed E-state index contributed by atoms with van der Waals surface area (Å²) in [5.41, 5.74) is 3.72. The van der Waals surface area contributed by atoms with E-state index in [2.05, 4.69) is 35.0 Å². The molecule has 5 rings (SSSR count). The van der Waals surface area contributed by atoms with E-state index in [1.807, 2.05) is 72.5 Å². The van der Waals surface area contributed by atoms with E-state index in [0.717, 1.165) is 24.8 Å². The normalized spacial score (nSPS) is 11.8. The summed E-state index contributed by atoms with van der Waals surface area (Å²) in [6, 6.07) is 28.2. The van der Waals surface area contributed by atoms with Gasteiger partial charge in [0.15, 0.2) is 0 Å². The highest BCUT2D eigenvalue weighted by Gasteiger charge is 2.29. The molecule has 0 bridgehead atoms. The number of rotatable bonds is 12. The summed E-state index contributed by atoms with van der Waals surface area (Å²) in [7, 11) is 3.13. The van der Waals surface area contributed by atoms with E-state index >= 15 is 0 Å². The minimum absolute atomic E-state index is 0.128. The monoisotopic (exact) mass is 667 g/mol. The van der Waals surface area contributed by atoms with E-state index in [-0.39, 0.29) is 11.5 Å². The van der Waals surface area contributed by atoms with Gasteiger partial charge >= 0.3 is 0 Å². The first-order chi connectivity index (χ1) is 21.9. The number of fused-ring (bicyclic) bond motifs is 1. The number of unbranched alkanes of at least 4 members (excludes halogenated alkanes) is 1. The fourth-order valence-electron chi connectivity index (χ4n) is 5.52. The fourth-order valence-corrected chi connectivity index (χ4v) is 6.08. The number of carbonyl (C=O) groups is 1. The Morgan fingerprint density at radius 3 is 2.29 bits per heavy atom. The molecule has 0 aliphatic carbocycles. The number of aryl methyl sites for hydroxylation is 1. The van der Waals surface area contributed by atoms with Crippen molar-refractivity contribution in [1.82, 2.24) is 14.5 Å². The molecular weight excluding hydrogens is 630 g/mol. The van der Waals surface area contributed by atoms with E-state index in [4.69, 9.17) is 14.5 Å². The van der Waals surface area contributed by atoms with Crippen LogP contribution >= 0.6 is 15.9 Å². The van der Waals surface area contributed by atoms with E-state index in [1.165, 1.54) is 5.56 Å². The van der Waals surface area contributed by atoms with Crippen LogP contribution in [0.5, 0.6) is 11.5 Å². The quantitative estimate of drug-likeness (QED) is 0.135. The highest BCUT2D eigenvalue weighted by atomic mass is 79.9. The number of methoxy groups -OCH3 is 2. The van der Waals surface area contributed by atoms with E-state index in [9.17, 15) is 9.59 Å². The minimum atomic E-state index is -0.581. The predicted molar refractivity (Wildman–Crippen MR) is 183 cm³/mol. The lowest BCUT2D eigenvalue weighted by atomic mass is 10.0. The first kappa shape index (κ1) is 32.0. The number of ether oxygens (including phenoxy) is 2. The zero-order valence-corrected chi connectivity index (χ0v) is 27.7. The number of benzene rings is 4. The standard InChI is InChI=1S/C37H38BrN3O4/c1-5-6-12-27-17-19-28(20-18-27)36(42)40(22-21-26-13-8-7-9-14-26)25(2)35-39-31-16-11-10-15-30(31)37(43)41(35)32-23-29(44-3)24-33(45-4)34(32)38/h7-11,13-20,23-25H,5-6,12,21-22H2,1-4H3. The van der Waals surface area contributed by atoms with Gasteiger partial charge in [0.25, 0.3) is 11.5 Å². The summed E-state index contributed by atoms with van der Waals surface area (Å²) in [5, 5.41) is 0.465. The van der Waals surface area contributed by atoms with Gasteiger partial charge in [0.05, 0.1) is 41.3 Å². The van der Waals surface area contributed by atoms with Crippen molar-refractivity contribution in [1.29, 1.82) is 0 Å². The maximum atomic E-state index is 14.3. The molecule has 0 spiro atoms. The van der Waals surface area contributed by atoms with Crippen LogP contribution in [-0.4, -0.2) is 41.1 Å². The number of halogens is 1. The Morgan fingerprint density at radius 1 is 0.911 bits per heavy atom. The molecule has 8 heteroatoms. The SMILES string of the molecule is CCCCc1ccc(C(=O)N(CCc2ccccc2)C(C)c2nc3ccccc3c(=O)n2-c2cc(OC)cc(OC)c2Br)cc1. The molecule has 1 amide bonds. The van der Waals surface area contributed by atoms with Gasteiger partial charge in [0.2, 0.25) is 0 Å². The van der Waals surface area contributed by atoms with E-state index in [1.54, 1.807) is 37.0 Å². The van der Waals surface area contributed by atoms with E-state index < -0.39 is 6.04 Å². The topological polar surface area (TPSA) is 73.7 Å². The summed E-state index contributed by atoms with van der Waals surface area (Å²) in [6.45, 7) is 4.52. The minimum Gasteiger partial charge on any atom is -0.497 e. The zero-order valence-electron chi connectivity index (χ0n) is 26.1. The molecule has 1 aromatic heterocycles. The lowest BCUT2D eigenvalue weighted by molar-refractivity contribution is 0.0683. The number of nitrogens with zero attached hydrogens (tertiary/aromatic N) is 3. The van der Waals surface area contributed by atoms with Crippen LogP contribution in [0, 0.1) is 0 Å². The van der Waals surface area contributed by atoms with Crippen molar-refractivity contribution in [2.24, 2.45) is 0 Å². The molecular formula is C37H38BrN3O4. The Hall–Kier alpha value is -4.43. The number of hydrogen-bond donors (Lipinski definition) is 0. The molecule has 1 unspecified atom stereocenters. The molecule has 4 aromatic carbocycles. The second-order valence-electron chi connectivity index (χ2n) is 11.0. The molecule has 0 saturated heterocycles. The number of para-hydroxylation sites is 1. The molecule has 0 aliphatic heterocycles. The lowest BCUT2D eigenvalue weighted by Crippen LogP contribution is -2.38. The van der Waals surface area contributed by atoms with E-state index in [0.29, 0.717) is 56.9 Å². The molecule has 7 nitrogen and oxygen atoms in total. The molecule has 5 aromatic rings. The molecule has 0 N–H and O–H groups in total. The number of hydrogen-bond acceptors (Lipinski definition) is 5. The molecule has 0 radical (unpaired) electrons. The van der Waals surface area contributed by atoms with Crippen LogP contribution in [0.15, 0.2) is 100 Å². The van der Waals surface area contributed by atoms with Crippen LogP contribution in [0.3, 0.4) is 0 Å². The lowest BCUT2D eigenvalue weighted by Gasteiger charge is -2.31. The summed E-state index contributed by atoms with van der Waals surface area (Å²) < 4.78 is 13.3. The Bertz CT molecular complexity index is 1840. The highest BCUT2D eigenvalue weighted by molar-refractivity contribution is 9.10. The maximum absolute atomic E-state index is 14.3. The molecule has 0 fully saturated rings. The Morgan fingerprint density at radius 2 is 1.60 bits per heavy atom. The second kappa shape index (κ2) is 14.6. The summed E-state index contributed by atoms with van der Waals surface area (Å²) in [5.74, 6) is 1.32. The maximum Gasteiger partial charge on any atom is 0.266 e. The van der Waals surface area contributed by atoms with Crippen LogP contribution in [0.1, 0.15) is 60.0 Å². The van der Waals surface area contributed by atoms with Crippen molar-refractivity contribution >= 4 is 32.7 Å². The Labute approximate surface area is 272 Å². The smallest absolute Gasteiger partial charge is 0.266 e. The van der Waals surface area contributed by atoms with Gasteiger partial charge in [-0.2, -0.15) is 0 Å². The average molecular weight is 669 g/mol. The second-order valence-corrected chi connectivity index (χ2v) is 11.8. The molecule has 0 aliphatic rings. The summed E-state index contributed by atoms with van der Waals surface area (Å²) >= 11 is 3.66. The van der Waals surface area contributed by atoms with Gasteiger partial charge in [-0.05, 0) is 77.5 Å². The van der Waals surface area contributed by atoms with Crippen molar-refractivity contribution in [3.05, 3.63) is 128 Å². The van der Waals surface area contributed by atoms with Crippen LogP contribution in [-0.2, 0) is 12.8 Å². The first-order valence-corrected chi connectivity index (χ1v) is 16.0. The van der Waals surface area contributed by atoms with Gasteiger partial charge in [-0.25, -0.2) is 4.98 Å². The Balaban J connectivity index is 1.67. The summed E-state index contributed by atoms with van der Waals surface area (Å²) in [6.07, 6.45) is 3.83. The fraction of sp³-hybridized carbons (Fsp3) is 0.270. The Kier molecular flexibility index (Phi) is 10.4. The highest BCUT2D eigenvalue weighted by Crippen LogP contribution is 2.37. The van der Waals surface area contributed by atoms with Crippen LogP contribution in [0.2, 0.25) is 0 Å². The third-order valence-electron chi connectivity index (χ3n) is 8.10. The van der Waals surface area contributed by atoms with Gasteiger partial charge in [-0.15, -0.1) is 0 Å². The number of carbonyl (C=O) groups excluding carboxylic acids is 1. The van der Waals surface area contributed by atoms with Crippen molar-refractivity contribution in [3.63, 3.8) is 0 Å². The molecule has 1 atom stereocenters. The van der Waals surface area contributed by atoms with Crippen molar-refractivity contribution in [2.75, 3.05) is 20.8 Å². The number of amides is 1. The first-order valence-electron chi connectivity index (χ1n) is 15.2. The van der Waals surface area contributed by atoms with Gasteiger partial charge in [0, 0.05) is 24.2 Å². The average Bonchev–Trinajstić information content (AvgIpc) is 3.08. The van der Waals surface area contributed by atoms with Gasteiger partial charge in [-0.1, -0.05) is 67.9 Å². The predicted octanol–water partition coefficient (Wildman–Crippen LogP) is 7.95. The van der Waals surface area contributed by atoms with Crippen LogP contribution in [0.4, 0.5) is 0 Å². The van der Waals surface area contributed by atoms with Crippen LogP contribution in [0.25, 0.3) is 16.6 Å².